The molecule has 3 aromatic carbocycles. The van der Waals surface area contributed by atoms with E-state index in [2.05, 4.69) is 0 Å². The summed E-state index contributed by atoms with van der Waals surface area (Å²) in [4.78, 5) is 30.5. The van der Waals surface area contributed by atoms with Crippen molar-refractivity contribution in [1.82, 2.24) is 0 Å². The standard InChI is InChI=1S/C20H15NO3/c22-19(16-10-4-1-5-11-16)21(18-14-8-3-9-15-18)24-20(23)17-12-6-2-7-13-17/h1-15H. The largest absolute Gasteiger partial charge is 0.363 e. The molecule has 0 N–H and O–H groups in total. The third kappa shape index (κ3) is 3.50. The second kappa shape index (κ2) is 7.24. The minimum Gasteiger partial charge on any atom is -0.327 e. The predicted octanol–water partition coefficient (Wildman–Crippen LogP) is 4.11. The molecule has 0 aromatic heterocycles. The van der Waals surface area contributed by atoms with Crippen molar-refractivity contribution in [1.29, 1.82) is 0 Å². The lowest BCUT2D eigenvalue weighted by Crippen LogP contribution is -2.33. The van der Waals surface area contributed by atoms with Crippen LogP contribution in [0.2, 0.25) is 0 Å². The number of carbonyl (C=O) groups excluding carboxylic acids is 2. The molecule has 0 aliphatic carbocycles. The quantitative estimate of drug-likeness (QED) is 0.683. The van der Waals surface area contributed by atoms with E-state index < -0.39 is 11.9 Å². The minimum absolute atomic E-state index is 0.374. The van der Waals surface area contributed by atoms with Gasteiger partial charge in [0.25, 0.3) is 5.91 Å². The summed E-state index contributed by atoms with van der Waals surface area (Å²) in [7, 11) is 0. The molecule has 24 heavy (non-hydrogen) atoms. The molecule has 3 rings (SSSR count). The van der Waals surface area contributed by atoms with E-state index in [1.807, 2.05) is 12.1 Å². The van der Waals surface area contributed by atoms with Crippen LogP contribution in [0.15, 0.2) is 91.0 Å². The highest BCUT2D eigenvalue weighted by Gasteiger charge is 2.23. The van der Waals surface area contributed by atoms with Crippen molar-refractivity contribution >= 4 is 17.6 Å². The number of hydroxylamine groups is 1. The summed E-state index contributed by atoms with van der Waals surface area (Å²) in [5.41, 5.74) is 1.29. The maximum atomic E-state index is 12.8. The van der Waals surface area contributed by atoms with Crippen molar-refractivity contribution in [3.63, 3.8) is 0 Å². The van der Waals surface area contributed by atoms with Crippen LogP contribution in [0.25, 0.3) is 0 Å². The van der Waals surface area contributed by atoms with Gasteiger partial charge in [0.15, 0.2) is 0 Å². The van der Waals surface area contributed by atoms with E-state index in [0.29, 0.717) is 16.8 Å². The molecule has 0 unspecified atom stereocenters. The number of para-hydroxylation sites is 1. The normalized spacial score (nSPS) is 10.0. The van der Waals surface area contributed by atoms with Crippen LogP contribution in [-0.2, 0) is 4.84 Å². The Morgan fingerprint density at radius 3 is 1.62 bits per heavy atom. The summed E-state index contributed by atoms with van der Waals surface area (Å²) in [5, 5.41) is 1.02. The van der Waals surface area contributed by atoms with Crippen molar-refractivity contribution in [3.05, 3.63) is 102 Å². The first-order valence-corrected chi connectivity index (χ1v) is 7.47. The molecular weight excluding hydrogens is 302 g/mol. The van der Waals surface area contributed by atoms with Gasteiger partial charge in [-0.25, -0.2) is 4.79 Å². The Bertz CT molecular complexity index is 817. The maximum Gasteiger partial charge on any atom is 0.363 e. The van der Waals surface area contributed by atoms with Crippen molar-refractivity contribution in [2.75, 3.05) is 5.06 Å². The zero-order valence-corrected chi connectivity index (χ0v) is 12.8. The second-order valence-electron chi connectivity index (χ2n) is 5.05. The van der Waals surface area contributed by atoms with E-state index in [1.165, 1.54) is 0 Å². The molecule has 0 atom stereocenters. The molecule has 0 aliphatic rings. The highest BCUT2D eigenvalue weighted by Crippen LogP contribution is 2.18. The Morgan fingerprint density at radius 2 is 1.08 bits per heavy atom. The van der Waals surface area contributed by atoms with Crippen LogP contribution in [0, 0.1) is 0 Å². The second-order valence-corrected chi connectivity index (χ2v) is 5.05. The molecule has 0 saturated heterocycles. The monoisotopic (exact) mass is 317 g/mol. The molecule has 0 fully saturated rings. The molecule has 0 spiro atoms. The van der Waals surface area contributed by atoms with Crippen molar-refractivity contribution < 1.29 is 14.4 Å². The van der Waals surface area contributed by atoms with Crippen LogP contribution in [-0.4, -0.2) is 11.9 Å². The molecule has 4 nitrogen and oxygen atoms in total. The van der Waals surface area contributed by atoms with E-state index in [4.69, 9.17) is 4.84 Å². The third-order valence-electron chi connectivity index (χ3n) is 3.38. The van der Waals surface area contributed by atoms with Crippen LogP contribution >= 0.6 is 0 Å². The highest BCUT2D eigenvalue weighted by molar-refractivity contribution is 6.06. The van der Waals surface area contributed by atoms with Crippen molar-refractivity contribution in [3.8, 4) is 0 Å². The van der Waals surface area contributed by atoms with E-state index in [1.54, 1.807) is 78.9 Å². The number of nitrogens with zero attached hydrogens (tertiary/aromatic N) is 1. The molecule has 1 amide bonds. The van der Waals surface area contributed by atoms with Gasteiger partial charge in [0.05, 0.1) is 11.3 Å². The van der Waals surface area contributed by atoms with Gasteiger partial charge < -0.3 is 4.84 Å². The first-order chi connectivity index (χ1) is 11.8. The van der Waals surface area contributed by atoms with E-state index in [-0.39, 0.29) is 0 Å². The zero-order valence-electron chi connectivity index (χ0n) is 12.8. The summed E-state index contributed by atoms with van der Waals surface area (Å²) in [6.07, 6.45) is 0. The molecular formula is C20H15NO3. The lowest BCUT2D eigenvalue weighted by atomic mass is 10.2. The van der Waals surface area contributed by atoms with Crippen LogP contribution < -0.4 is 5.06 Å². The summed E-state index contributed by atoms with van der Waals surface area (Å²) in [6, 6.07) is 26.0. The molecule has 4 heteroatoms. The topological polar surface area (TPSA) is 46.6 Å². The number of anilines is 1. The molecule has 0 radical (unpaired) electrons. The first-order valence-electron chi connectivity index (χ1n) is 7.47. The van der Waals surface area contributed by atoms with Crippen LogP contribution in [0.5, 0.6) is 0 Å². The lowest BCUT2D eigenvalue weighted by molar-refractivity contribution is 0.0409. The fourth-order valence-electron chi connectivity index (χ4n) is 2.18. The SMILES string of the molecule is O=C(ON(C(=O)c1ccccc1)c1ccccc1)c1ccccc1. The summed E-state index contributed by atoms with van der Waals surface area (Å²) < 4.78 is 0. The number of benzene rings is 3. The Morgan fingerprint density at radius 1 is 0.625 bits per heavy atom. The van der Waals surface area contributed by atoms with E-state index in [0.717, 1.165) is 5.06 Å². The van der Waals surface area contributed by atoms with E-state index >= 15 is 0 Å². The minimum atomic E-state index is -0.594. The molecule has 0 aliphatic heterocycles. The smallest absolute Gasteiger partial charge is 0.327 e. The fourth-order valence-corrected chi connectivity index (χ4v) is 2.18. The Kier molecular flexibility index (Phi) is 4.68. The Labute approximate surface area is 139 Å². The molecule has 0 heterocycles. The first kappa shape index (κ1) is 15.5. The number of hydrogen-bond donors (Lipinski definition) is 0. The number of carbonyl (C=O) groups is 2. The van der Waals surface area contributed by atoms with Crippen LogP contribution in [0.1, 0.15) is 20.7 Å². The summed E-state index contributed by atoms with van der Waals surface area (Å²) >= 11 is 0. The van der Waals surface area contributed by atoms with Crippen LogP contribution in [0.4, 0.5) is 5.69 Å². The third-order valence-corrected chi connectivity index (χ3v) is 3.38. The zero-order chi connectivity index (χ0) is 16.8. The van der Waals surface area contributed by atoms with Crippen molar-refractivity contribution in [2.24, 2.45) is 0 Å². The van der Waals surface area contributed by atoms with Gasteiger partial charge in [-0.1, -0.05) is 54.6 Å². The Hall–Kier alpha value is -3.40. The lowest BCUT2D eigenvalue weighted by Gasteiger charge is -2.21. The maximum absolute atomic E-state index is 12.8. The molecule has 0 saturated carbocycles. The van der Waals surface area contributed by atoms with Crippen molar-refractivity contribution in [2.45, 2.75) is 0 Å². The number of hydrogen-bond acceptors (Lipinski definition) is 3. The van der Waals surface area contributed by atoms with Crippen LogP contribution in [0.3, 0.4) is 0 Å². The fraction of sp³-hybridized carbons (Fsp3) is 0. The number of amides is 1. The summed E-state index contributed by atoms with van der Waals surface area (Å²) in [6.45, 7) is 0. The average Bonchev–Trinajstić information content (AvgIpc) is 2.67. The van der Waals surface area contributed by atoms with E-state index in [9.17, 15) is 9.59 Å². The molecule has 3 aromatic rings. The Balaban J connectivity index is 1.91. The van der Waals surface area contributed by atoms with Gasteiger partial charge in [-0.15, -0.1) is 5.06 Å². The number of rotatable bonds is 3. The highest BCUT2D eigenvalue weighted by atomic mass is 16.7. The molecule has 118 valence electrons. The van der Waals surface area contributed by atoms with Gasteiger partial charge in [-0.3, -0.25) is 4.79 Å². The average molecular weight is 317 g/mol. The summed E-state index contributed by atoms with van der Waals surface area (Å²) in [5.74, 6) is -1.00. The van der Waals surface area contributed by atoms with Gasteiger partial charge in [0.2, 0.25) is 0 Å². The molecule has 0 bridgehead atoms. The van der Waals surface area contributed by atoms with Gasteiger partial charge in [-0.2, -0.15) is 0 Å². The predicted molar refractivity (Wildman–Crippen MR) is 91.6 cm³/mol. The van der Waals surface area contributed by atoms with Gasteiger partial charge in [0, 0.05) is 5.56 Å². The van der Waals surface area contributed by atoms with Gasteiger partial charge >= 0.3 is 5.97 Å². The van der Waals surface area contributed by atoms with Gasteiger partial charge in [0.1, 0.15) is 0 Å². The van der Waals surface area contributed by atoms with Gasteiger partial charge in [-0.05, 0) is 36.4 Å².